The molecule has 7 nitrogen and oxygen atoms in total. The summed E-state index contributed by atoms with van der Waals surface area (Å²) in [5.41, 5.74) is 8.67. The van der Waals surface area contributed by atoms with E-state index < -0.39 is 17.7 Å². The molecule has 1 aliphatic heterocycles. The fourth-order valence-corrected chi connectivity index (χ4v) is 4.03. The first kappa shape index (κ1) is 24.4. The first-order valence-corrected chi connectivity index (χ1v) is 11.4. The van der Waals surface area contributed by atoms with Crippen molar-refractivity contribution in [3.63, 3.8) is 0 Å². The molecule has 1 amide bonds. The SMILES string of the molecule is NCc1cc(F)cc(-c2cc(OCC3CCCO3)cc(C(=O)Nc3ccccc3CC(=O)O)c2)c1. The van der Waals surface area contributed by atoms with E-state index in [1.807, 2.05) is 0 Å². The summed E-state index contributed by atoms with van der Waals surface area (Å²) >= 11 is 0. The number of halogens is 1. The van der Waals surface area contributed by atoms with Crippen molar-refractivity contribution < 1.29 is 28.6 Å². The number of carbonyl (C=O) groups is 2. The van der Waals surface area contributed by atoms with E-state index in [2.05, 4.69) is 5.32 Å². The van der Waals surface area contributed by atoms with Crippen molar-refractivity contribution >= 4 is 17.6 Å². The third-order valence-electron chi connectivity index (χ3n) is 5.76. The zero-order valence-corrected chi connectivity index (χ0v) is 19.1. The number of hydrogen-bond donors (Lipinski definition) is 3. The second-order valence-electron chi connectivity index (χ2n) is 8.43. The Morgan fingerprint density at radius 3 is 2.66 bits per heavy atom. The Morgan fingerprint density at radius 1 is 1.11 bits per heavy atom. The average Bonchev–Trinajstić information content (AvgIpc) is 3.37. The van der Waals surface area contributed by atoms with Crippen LogP contribution in [0, 0.1) is 5.82 Å². The molecule has 35 heavy (non-hydrogen) atoms. The number of ether oxygens (including phenoxy) is 2. The Balaban J connectivity index is 1.66. The lowest BCUT2D eigenvalue weighted by atomic mass is 9.99. The van der Waals surface area contributed by atoms with Gasteiger partial charge in [0.1, 0.15) is 18.2 Å². The Labute approximate surface area is 202 Å². The van der Waals surface area contributed by atoms with Crippen LogP contribution in [0.1, 0.15) is 34.3 Å². The fraction of sp³-hybridized carbons (Fsp3) is 0.259. The van der Waals surface area contributed by atoms with Gasteiger partial charge in [0.15, 0.2) is 0 Å². The van der Waals surface area contributed by atoms with E-state index in [1.54, 1.807) is 48.5 Å². The van der Waals surface area contributed by atoms with Crippen LogP contribution < -0.4 is 15.8 Å². The number of nitrogens with two attached hydrogens (primary N) is 1. The van der Waals surface area contributed by atoms with Gasteiger partial charge in [0.25, 0.3) is 5.91 Å². The quantitative estimate of drug-likeness (QED) is 0.421. The minimum absolute atomic E-state index is 0.0168. The Kier molecular flexibility index (Phi) is 7.74. The van der Waals surface area contributed by atoms with E-state index in [9.17, 15) is 19.1 Å². The largest absolute Gasteiger partial charge is 0.491 e. The van der Waals surface area contributed by atoms with Crippen molar-refractivity contribution in [2.45, 2.75) is 31.9 Å². The molecule has 0 spiro atoms. The molecule has 182 valence electrons. The molecule has 3 aromatic carbocycles. The number of amides is 1. The van der Waals surface area contributed by atoms with Crippen LogP contribution in [0.15, 0.2) is 60.7 Å². The second-order valence-corrected chi connectivity index (χ2v) is 8.43. The minimum atomic E-state index is -1.000. The molecule has 4 N–H and O–H groups in total. The van der Waals surface area contributed by atoms with E-state index in [1.165, 1.54) is 12.1 Å². The highest BCUT2D eigenvalue weighted by molar-refractivity contribution is 6.06. The maximum Gasteiger partial charge on any atom is 0.307 e. The number of nitrogens with one attached hydrogen (secondary N) is 1. The molecule has 1 unspecified atom stereocenters. The lowest BCUT2D eigenvalue weighted by Gasteiger charge is -2.15. The van der Waals surface area contributed by atoms with Crippen molar-refractivity contribution in [2.24, 2.45) is 5.73 Å². The van der Waals surface area contributed by atoms with Crippen LogP contribution in [-0.4, -0.2) is 36.3 Å². The lowest BCUT2D eigenvalue weighted by molar-refractivity contribution is -0.136. The number of anilines is 1. The third kappa shape index (κ3) is 6.44. The van der Waals surface area contributed by atoms with Gasteiger partial charge in [0.05, 0.1) is 12.5 Å². The molecule has 0 bridgehead atoms. The number of carbonyl (C=O) groups excluding carboxylic acids is 1. The van der Waals surface area contributed by atoms with Crippen LogP contribution in [-0.2, 0) is 22.5 Å². The van der Waals surface area contributed by atoms with Crippen molar-refractivity contribution in [3.05, 3.63) is 83.2 Å². The van der Waals surface area contributed by atoms with E-state index >= 15 is 0 Å². The first-order valence-electron chi connectivity index (χ1n) is 11.4. The van der Waals surface area contributed by atoms with Crippen LogP contribution in [0.5, 0.6) is 5.75 Å². The van der Waals surface area contributed by atoms with Gasteiger partial charge in [-0.05, 0) is 77.6 Å². The zero-order valence-electron chi connectivity index (χ0n) is 19.1. The van der Waals surface area contributed by atoms with E-state index in [-0.39, 0.29) is 24.6 Å². The van der Waals surface area contributed by atoms with Gasteiger partial charge in [-0.1, -0.05) is 18.2 Å². The number of carboxylic acids is 1. The van der Waals surface area contributed by atoms with Crippen molar-refractivity contribution in [1.29, 1.82) is 0 Å². The second kappa shape index (κ2) is 11.1. The molecule has 3 aromatic rings. The Morgan fingerprint density at radius 2 is 1.91 bits per heavy atom. The van der Waals surface area contributed by atoms with Crippen molar-refractivity contribution in [2.75, 3.05) is 18.5 Å². The Bertz CT molecular complexity index is 1220. The van der Waals surface area contributed by atoms with Gasteiger partial charge < -0.3 is 25.6 Å². The fourth-order valence-electron chi connectivity index (χ4n) is 4.03. The molecule has 0 aromatic heterocycles. The number of hydrogen-bond acceptors (Lipinski definition) is 5. The first-order chi connectivity index (χ1) is 16.9. The van der Waals surface area contributed by atoms with Crippen LogP contribution in [0.4, 0.5) is 10.1 Å². The molecule has 4 rings (SSSR count). The molecular formula is C27H27FN2O5. The lowest BCUT2D eigenvalue weighted by Crippen LogP contribution is -2.17. The summed E-state index contributed by atoms with van der Waals surface area (Å²) in [7, 11) is 0. The highest BCUT2D eigenvalue weighted by Crippen LogP contribution is 2.29. The van der Waals surface area contributed by atoms with E-state index in [4.69, 9.17) is 15.2 Å². The summed E-state index contributed by atoms with van der Waals surface area (Å²) in [5.74, 6) is -1.43. The summed E-state index contributed by atoms with van der Waals surface area (Å²) in [5, 5.41) is 12.0. The molecule has 1 heterocycles. The molecule has 8 heteroatoms. The molecule has 0 saturated carbocycles. The zero-order chi connectivity index (χ0) is 24.8. The van der Waals surface area contributed by atoms with Gasteiger partial charge in [0, 0.05) is 24.4 Å². The smallest absolute Gasteiger partial charge is 0.307 e. The summed E-state index contributed by atoms with van der Waals surface area (Å²) in [6.07, 6.45) is 1.63. The summed E-state index contributed by atoms with van der Waals surface area (Å²) in [4.78, 5) is 24.4. The number of para-hydroxylation sites is 1. The summed E-state index contributed by atoms with van der Waals surface area (Å²) < 4.78 is 25.8. The summed E-state index contributed by atoms with van der Waals surface area (Å²) in [6.45, 7) is 1.21. The molecule has 0 radical (unpaired) electrons. The van der Waals surface area contributed by atoms with Gasteiger partial charge in [-0.3, -0.25) is 9.59 Å². The van der Waals surface area contributed by atoms with Crippen LogP contribution in [0.25, 0.3) is 11.1 Å². The molecule has 0 aliphatic carbocycles. The topological polar surface area (TPSA) is 111 Å². The van der Waals surface area contributed by atoms with Gasteiger partial charge in [-0.2, -0.15) is 0 Å². The van der Waals surface area contributed by atoms with Crippen LogP contribution in [0.2, 0.25) is 0 Å². The minimum Gasteiger partial charge on any atom is -0.491 e. The maximum absolute atomic E-state index is 14.2. The standard InChI is InChI=1S/C27H27FN2O5/c28-22-9-17(15-29)8-19(11-22)20-10-21(13-24(12-20)35-16-23-5-3-7-34-23)27(33)30-25-6-2-1-4-18(25)14-26(31)32/h1-2,4,6,8-13,23H,3,5,7,14-16,29H2,(H,30,33)(H,31,32). The average molecular weight is 479 g/mol. The van der Waals surface area contributed by atoms with E-state index in [0.29, 0.717) is 46.9 Å². The van der Waals surface area contributed by atoms with Gasteiger partial charge in [-0.15, -0.1) is 0 Å². The van der Waals surface area contributed by atoms with Gasteiger partial charge in [-0.25, -0.2) is 4.39 Å². The number of aliphatic carboxylic acids is 1. The number of carboxylic acid groups (broad SMARTS) is 1. The monoisotopic (exact) mass is 478 g/mol. The van der Waals surface area contributed by atoms with Crippen molar-refractivity contribution in [3.8, 4) is 16.9 Å². The van der Waals surface area contributed by atoms with E-state index in [0.717, 1.165) is 12.8 Å². The molecular weight excluding hydrogens is 451 g/mol. The predicted molar refractivity (Wildman–Crippen MR) is 130 cm³/mol. The van der Waals surface area contributed by atoms with Crippen LogP contribution >= 0.6 is 0 Å². The molecule has 1 aliphatic rings. The highest BCUT2D eigenvalue weighted by atomic mass is 19.1. The molecule has 1 fully saturated rings. The third-order valence-corrected chi connectivity index (χ3v) is 5.76. The molecule has 1 saturated heterocycles. The number of rotatable bonds is 9. The summed E-state index contributed by atoms with van der Waals surface area (Å²) in [6, 6.07) is 16.2. The Hall–Kier alpha value is -3.75. The normalized spacial score (nSPS) is 15.1. The van der Waals surface area contributed by atoms with Crippen LogP contribution in [0.3, 0.4) is 0 Å². The molecule has 1 atom stereocenters. The predicted octanol–water partition coefficient (Wildman–Crippen LogP) is 4.39. The van der Waals surface area contributed by atoms with Gasteiger partial charge >= 0.3 is 5.97 Å². The number of benzene rings is 3. The maximum atomic E-state index is 14.2. The van der Waals surface area contributed by atoms with Crippen molar-refractivity contribution in [1.82, 2.24) is 0 Å². The highest BCUT2D eigenvalue weighted by Gasteiger charge is 2.18. The van der Waals surface area contributed by atoms with Gasteiger partial charge in [0.2, 0.25) is 0 Å².